The summed E-state index contributed by atoms with van der Waals surface area (Å²) in [4.78, 5) is 13.3. The molecule has 0 saturated heterocycles. The number of hydrogen-bond acceptors (Lipinski definition) is 5. The van der Waals surface area contributed by atoms with Crippen molar-refractivity contribution in [3.8, 4) is 0 Å². The highest BCUT2D eigenvalue weighted by Gasteiger charge is 2.15. The van der Waals surface area contributed by atoms with Crippen molar-refractivity contribution in [1.29, 1.82) is 0 Å². The Morgan fingerprint density at radius 1 is 1.50 bits per heavy atom. The highest BCUT2D eigenvalue weighted by molar-refractivity contribution is 7.91. The molecule has 0 saturated carbocycles. The van der Waals surface area contributed by atoms with Crippen molar-refractivity contribution in [3.05, 3.63) is 17.5 Å². The van der Waals surface area contributed by atoms with E-state index in [-0.39, 0.29) is 23.1 Å². The predicted molar refractivity (Wildman–Crippen MR) is 78.3 cm³/mol. The molecule has 0 radical (unpaired) electrons. The first-order chi connectivity index (χ1) is 9.47. The van der Waals surface area contributed by atoms with Crippen LogP contribution in [0, 0.1) is 0 Å². The van der Waals surface area contributed by atoms with Gasteiger partial charge >= 0.3 is 0 Å². The molecule has 0 aliphatic carbocycles. The van der Waals surface area contributed by atoms with Gasteiger partial charge in [-0.2, -0.15) is 0 Å². The monoisotopic (exact) mass is 320 g/mol. The molecule has 1 N–H and O–H groups in total. The third-order valence-corrected chi connectivity index (χ3v) is 5.52. The first-order valence-corrected chi connectivity index (χ1v) is 8.59. The predicted octanol–water partition coefficient (Wildman–Crippen LogP) is 0.911. The van der Waals surface area contributed by atoms with E-state index in [4.69, 9.17) is 4.74 Å². The van der Waals surface area contributed by atoms with Crippen LogP contribution in [-0.4, -0.2) is 53.1 Å². The first kappa shape index (κ1) is 17.1. The van der Waals surface area contributed by atoms with Gasteiger partial charge in [0.25, 0.3) is 0 Å². The number of nitrogens with zero attached hydrogens (tertiary/aromatic N) is 1. The second-order valence-corrected chi connectivity index (χ2v) is 7.18. The van der Waals surface area contributed by atoms with Crippen molar-refractivity contribution in [1.82, 2.24) is 9.62 Å². The van der Waals surface area contributed by atoms with Crippen LogP contribution < -0.4 is 4.72 Å². The molecule has 1 amide bonds. The number of carbonyl (C=O) groups is 1. The Labute approximate surface area is 123 Å². The largest absolute Gasteiger partial charge is 0.385 e. The fourth-order valence-electron chi connectivity index (χ4n) is 1.54. The van der Waals surface area contributed by atoms with Crippen molar-refractivity contribution >= 4 is 27.3 Å². The molecular formula is C12H20N2O4S2. The van der Waals surface area contributed by atoms with Crippen LogP contribution >= 0.6 is 11.3 Å². The summed E-state index contributed by atoms with van der Waals surface area (Å²) in [5, 5.41) is 1.70. The molecule has 0 spiro atoms. The summed E-state index contributed by atoms with van der Waals surface area (Å²) in [5.74, 6) is -0.0880. The number of rotatable bonds is 9. The molecule has 0 bridgehead atoms. The number of thiophene rings is 1. The second kappa shape index (κ2) is 8.35. The van der Waals surface area contributed by atoms with Crippen LogP contribution in [0.5, 0.6) is 0 Å². The lowest BCUT2D eigenvalue weighted by atomic mass is 10.3. The number of amides is 1. The van der Waals surface area contributed by atoms with Crippen molar-refractivity contribution in [3.63, 3.8) is 0 Å². The number of hydrogen-bond donors (Lipinski definition) is 1. The minimum atomic E-state index is -3.48. The Kier molecular flexibility index (Phi) is 7.14. The SMILES string of the molecule is COCCCN(C)C(=O)CCNS(=O)(=O)c1cccs1. The van der Waals surface area contributed by atoms with E-state index in [0.717, 1.165) is 17.8 Å². The fourth-order valence-corrected chi connectivity index (χ4v) is 3.61. The summed E-state index contributed by atoms with van der Waals surface area (Å²) in [6.45, 7) is 1.31. The average molecular weight is 320 g/mol. The molecule has 0 aromatic carbocycles. The van der Waals surface area contributed by atoms with Gasteiger partial charge in [0.2, 0.25) is 15.9 Å². The van der Waals surface area contributed by atoms with Gasteiger partial charge in [-0.1, -0.05) is 6.07 Å². The van der Waals surface area contributed by atoms with Crippen molar-refractivity contribution < 1.29 is 17.9 Å². The van der Waals surface area contributed by atoms with Crippen LogP contribution in [0.25, 0.3) is 0 Å². The lowest BCUT2D eigenvalue weighted by Gasteiger charge is -2.16. The van der Waals surface area contributed by atoms with Crippen LogP contribution in [0.3, 0.4) is 0 Å². The first-order valence-electron chi connectivity index (χ1n) is 6.23. The fraction of sp³-hybridized carbons (Fsp3) is 0.583. The highest BCUT2D eigenvalue weighted by Crippen LogP contribution is 2.14. The Hall–Kier alpha value is -0.960. The molecule has 1 aromatic rings. The number of methoxy groups -OCH3 is 1. The van der Waals surface area contributed by atoms with Gasteiger partial charge in [0.1, 0.15) is 4.21 Å². The molecule has 1 rings (SSSR count). The minimum Gasteiger partial charge on any atom is -0.385 e. The quantitative estimate of drug-likeness (QED) is 0.686. The molecule has 1 aromatic heterocycles. The summed E-state index contributed by atoms with van der Waals surface area (Å²) in [7, 11) is -0.169. The third-order valence-electron chi connectivity index (χ3n) is 2.66. The van der Waals surface area contributed by atoms with Crippen LogP contribution in [0.15, 0.2) is 21.7 Å². The molecule has 0 unspecified atom stereocenters. The van der Waals surface area contributed by atoms with Gasteiger partial charge in [0.05, 0.1) is 0 Å². The molecule has 0 atom stereocenters. The normalized spacial score (nSPS) is 11.5. The molecule has 1 heterocycles. The summed E-state index contributed by atoms with van der Waals surface area (Å²) in [5.41, 5.74) is 0. The van der Waals surface area contributed by atoms with E-state index >= 15 is 0 Å². The molecule has 0 aliphatic heterocycles. The molecule has 8 heteroatoms. The van der Waals surface area contributed by atoms with Gasteiger partial charge in [0.15, 0.2) is 0 Å². The van der Waals surface area contributed by atoms with Crippen molar-refractivity contribution in [2.75, 3.05) is 33.9 Å². The van der Waals surface area contributed by atoms with Gasteiger partial charge in [0, 0.05) is 40.3 Å². The molecule has 20 heavy (non-hydrogen) atoms. The number of carbonyl (C=O) groups excluding carboxylic acids is 1. The van der Waals surface area contributed by atoms with Gasteiger partial charge in [-0.15, -0.1) is 11.3 Å². The number of sulfonamides is 1. The molecule has 0 aliphatic rings. The third kappa shape index (κ3) is 5.58. The minimum absolute atomic E-state index is 0.0880. The number of ether oxygens (including phenoxy) is 1. The average Bonchev–Trinajstić information content (AvgIpc) is 2.93. The maximum Gasteiger partial charge on any atom is 0.250 e. The van der Waals surface area contributed by atoms with Crippen molar-refractivity contribution in [2.24, 2.45) is 0 Å². The number of nitrogens with one attached hydrogen (secondary N) is 1. The highest BCUT2D eigenvalue weighted by atomic mass is 32.2. The van der Waals surface area contributed by atoms with E-state index in [1.54, 1.807) is 30.5 Å². The molecular weight excluding hydrogens is 300 g/mol. The standard InChI is InChI=1S/C12H20N2O4S2/c1-14(8-4-9-18-2)11(15)6-7-13-20(16,17)12-5-3-10-19-12/h3,5,10,13H,4,6-9H2,1-2H3. The van der Waals surface area contributed by atoms with E-state index in [0.29, 0.717) is 13.2 Å². The van der Waals surface area contributed by atoms with Gasteiger partial charge in [-0.25, -0.2) is 13.1 Å². The molecule has 114 valence electrons. The summed E-state index contributed by atoms with van der Waals surface area (Å²) in [6, 6.07) is 3.21. The van der Waals surface area contributed by atoms with E-state index in [2.05, 4.69) is 4.72 Å². The smallest absolute Gasteiger partial charge is 0.250 e. The van der Waals surface area contributed by atoms with Crippen LogP contribution in [0.1, 0.15) is 12.8 Å². The summed E-state index contributed by atoms with van der Waals surface area (Å²) in [6.07, 6.45) is 0.910. The van der Waals surface area contributed by atoms with Gasteiger partial charge in [-0.05, 0) is 17.9 Å². The zero-order valence-corrected chi connectivity index (χ0v) is 13.3. The topological polar surface area (TPSA) is 75.7 Å². The van der Waals surface area contributed by atoms with Gasteiger partial charge < -0.3 is 9.64 Å². The maximum atomic E-state index is 11.8. The van der Waals surface area contributed by atoms with Gasteiger partial charge in [-0.3, -0.25) is 4.79 Å². The second-order valence-electron chi connectivity index (χ2n) is 4.24. The Balaban J connectivity index is 2.31. The Bertz CT molecular complexity index is 500. The lowest BCUT2D eigenvalue weighted by Crippen LogP contribution is -2.32. The zero-order chi connectivity index (χ0) is 15.0. The molecule has 0 fully saturated rings. The lowest BCUT2D eigenvalue weighted by molar-refractivity contribution is -0.129. The van der Waals surface area contributed by atoms with Crippen LogP contribution in [0.2, 0.25) is 0 Å². The van der Waals surface area contributed by atoms with E-state index in [1.807, 2.05) is 0 Å². The van der Waals surface area contributed by atoms with Crippen LogP contribution in [0.4, 0.5) is 0 Å². The van der Waals surface area contributed by atoms with E-state index in [9.17, 15) is 13.2 Å². The zero-order valence-electron chi connectivity index (χ0n) is 11.7. The maximum absolute atomic E-state index is 11.8. The van der Waals surface area contributed by atoms with Crippen molar-refractivity contribution in [2.45, 2.75) is 17.1 Å². The Morgan fingerprint density at radius 3 is 2.85 bits per heavy atom. The van der Waals surface area contributed by atoms with Crippen LogP contribution in [-0.2, 0) is 19.6 Å². The van der Waals surface area contributed by atoms with E-state index in [1.165, 1.54) is 6.07 Å². The van der Waals surface area contributed by atoms with E-state index < -0.39 is 10.0 Å². The molecule has 6 nitrogen and oxygen atoms in total. The summed E-state index contributed by atoms with van der Waals surface area (Å²) >= 11 is 1.15. The summed E-state index contributed by atoms with van der Waals surface area (Å²) < 4.78 is 31.2. The Morgan fingerprint density at radius 2 is 2.25 bits per heavy atom.